The van der Waals surface area contributed by atoms with Gasteiger partial charge in [0, 0.05) is 14.7 Å². The molecule has 1 N–H and O–H groups in total. The molecule has 114 valence electrons. The Morgan fingerprint density at radius 3 is 2.27 bits per heavy atom. The lowest BCUT2D eigenvalue weighted by atomic mass is 10.1. The molecule has 1 heterocycles. The number of halogens is 1. The van der Waals surface area contributed by atoms with Crippen LogP contribution in [0.2, 0.25) is 0 Å². The first-order valence-electron chi connectivity index (χ1n) is 7.65. The van der Waals surface area contributed by atoms with Crippen LogP contribution in [0.1, 0.15) is 15.9 Å². The average molecular weight is 407 g/mol. The molecule has 0 bridgehead atoms. The zero-order valence-electron chi connectivity index (χ0n) is 12.5. The summed E-state index contributed by atoms with van der Waals surface area (Å²) >= 11 is 2.26. The van der Waals surface area contributed by atoms with Gasteiger partial charge in [-0.3, -0.25) is 4.79 Å². The topological polar surface area (TPSA) is 24.8 Å². The number of amides is 1. The third-order valence-electron chi connectivity index (χ3n) is 4.15. The summed E-state index contributed by atoms with van der Waals surface area (Å²) in [5.41, 5.74) is 2.17. The number of piperazine rings is 1. The van der Waals surface area contributed by atoms with E-state index in [0.717, 1.165) is 41.9 Å². The molecule has 2 aromatic carbocycles. The first kappa shape index (κ1) is 15.5. The van der Waals surface area contributed by atoms with Gasteiger partial charge < -0.3 is 9.80 Å². The number of quaternary nitrogens is 1. The Labute approximate surface area is 145 Å². The van der Waals surface area contributed by atoms with Gasteiger partial charge in [-0.1, -0.05) is 30.3 Å². The number of nitrogens with one attached hydrogen (secondary N) is 1. The normalized spacial score (nSPS) is 15.8. The average Bonchev–Trinajstić information content (AvgIpc) is 2.57. The summed E-state index contributed by atoms with van der Waals surface area (Å²) in [7, 11) is 0. The van der Waals surface area contributed by atoms with Crippen molar-refractivity contribution in [1.82, 2.24) is 4.90 Å². The van der Waals surface area contributed by atoms with E-state index in [-0.39, 0.29) is 5.91 Å². The lowest BCUT2D eigenvalue weighted by Crippen LogP contribution is -3.13. The molecule has 1 aliphatic heterocycles. The van der Waals surface area contributed by atoms with Gasteiger partial charge in [0.1, 0.15) is 6.54 Å². The zero-order chi connectivity index (χ0) is 15.4. The monoisotopic (exact) mass is 407 g/mol. The lowest BCUT2D eigenvalue weighted by molar-refractivity contribution is -0.917. The molecule has 3 rings (SSSR count). The first-order chi connectivity index (χ1) is 10.7. The molecule has 2 aromatic rings. The Bertz CT molecular complexity index is 619. The molecule has 0 saturated carbocycles. The molecule has 0 aliphatic carbocycles. The van der Waals surface area contributed by atoms with Gasteiger partial charge in [0.25, 0.3) is 5.91 Å². The first-order valence-corrected chi connectivity index (χ1v) is 8.72. The largest absolute Gasteiger partial charge is 0.328 e. The highest BCUT2D eigenvalue weighted by Gasteiger charge is 2.24. The van der Waals surface area contributed by atoms with Crippen LogP contribution < -0.4 is 4.90 Å². The van der Waals surface area contributed by atoms with E-state index in [9.17, 15) is 4.79 Å². The van der Waals surface area contributed by atoms with Crippen molar-refractivity contribution in [3.63, 3.8) is 0 Å². The number of benzene rings is 2. The minimum atomic E-state index is 0.162. The zero-order valence-corrected chi connectivity index (χ0v) is 14.6. The van der Waals surface area contributed by atoms with Crippen LogP contribution in [-0.4, -0.2) is 37.0 Å². The Morgan fingerprint density at radius 1 is 1.00 bits per heavy atom. The second-order valence-corrected chi connectivity index (χ2v) is 6.96. The molecular weight excluding hydrogens is 387 g/mol. The van der Waals surface area contributed by atoms with Gasteiger partial charge in [0.05, 0.1) is 26.2 Å². The molecule has 1 amide bonds. The molecule has 1 fully saturated rings. The van der Waals surface area contributed by atoms with Crippen LogP contribution in [0.3, 0.4) is 0 Å². The summed E-state index contributed by atoms with van der Waals surface area (Å²) in [5.74, 6) is 0.162. The van der Waals surface area contributed by atoms with Crippen molar-refractivity contribution in [3.05, 3.63) is 69.3 Å². The van der Waals surface area contributed by atoms with Gasteiger partial charge in [-0.15, -0.1) is 0 Å². The highest BCUT2D eigenvalue weighted by Crippen LogP contribution is 2.09. The van der Waals surface area contributed by atoms with E-state index >= 15 is 0 Å². The molecular formula is C18H20IN2O+. The molecule has 3 nitrogen and oxygen atoms in total. The van der Waals surface area contributed by atoms with Gasteiger partial charge in [-0.25, -0.2) is 0 Å². The Hall–Kier alpha value is -1.40. The molecule has 0 unspecified atom stereocenters. The van der Waals surface area contributed by atoms with Crippen molar-refractivity contribution in [2.45, 2.75) is 6.54 Å². The van der Waals surface area contributed by atoms with Crippen molar-refractivity contribution in [2.24, 2.45) is 0 Å². The Morgan fingerprint density at radius 2 is 1.64 bits per heavy atom. The van der Waals surface area contributed by atoms with E-state index in [1.54, 1.807) is 4.90 Å². The number of rotatable bonds is 3. The predicted molar refractivity (Wildman–Crippen MR) is 95.9 cm³/mol. The standard InChI is InChI=1S/C18H19IN2O/c19-17-8-6-16(7-9-17)18(22)21-12-10-20(11-13-21)14-15-4-2-1-3-5-15/h1-9H,10-14H2/p+1. The summed E-state index contributed by atoms with van der Waals surface area (Å²) in [5, 5.41) is 0. The van der Waals surface area contributed by atoms with E-state index in [2.05, 4.69) is 52.9 Å². The highest BCUT2D eigenvalue weighted by molar-refractivity contribution is 14.1. The fourth-order valence-corrected chi connectivity index (χ4v) is 3.22. The van der Waals surface area contributed by atoms with E-state index < -0.39 is 0 Å². The van der Waals surface area contributed by atoms with Crippen molar-refractivity contribution in [3.8, 4) is 0 Å². The van der Waals surface area contributed by atoms with E-state index in [4.69, 9.17) is 0 Å². The maximum atomic E-state index is 12.5. The molecule has 1 aliphatic rings. The highest BCUT2D eigenvalue weighted by atomic mass is 127. The molecule has 0 aromatic heterocycles. The fourth-order valence-electron chi connectivity index (χ4n) is 2.86. The van der Waals surface area contributed by atoms with Crippen LogP contribution in [0.25, 0.3) is 0 Å². The van der Waals surface area contributed by atoms with Crippen molar-refractivity contribution >= 4 is 28.5 Å². The van der Waals surface area contributed by atoms with Crippen LogP contribution in [0.4, 0.5) is 0 Å². The molecule has 4 heteroatoms. The van der Waals surface area contributed by atoms with E-state index in [1.165, 1.54) is 5.56 Å². The molecule has 0 spiro atoms. The minimum Gasteiger partial charge on any atom is -0.328 e. The SMILES string of the molecule is O=C(c1ccc(I)cc1)N1CC[NH+](Cc2ccccc2)CC1. The quantitative estimate of drug-likeness (QED) is 0.772. The van der Waals surface area contributed by atoms with Gasteiger partial charge in [0.2, 0.25) is 0 Å². The van der Waals surface area contributed by atoms with Crippen LogP contribution >= 0.6 is 22.6 Å². The molecule has 0 radical (unpaired) electrons. The number of carbonyl (C=O) groups is 1. The predicted octanol–water partition coefficient (Wildman–Crippen LogP) is 1.83. The second-order valence-electron chi connectivity index (χ2n) is 5.71. The minimum absolute atomic E-state index is 0.162. The van der Waals surface area contributed by atoms with Gasteiger partial charge in [0.15, 0.2) is 0 Å². The van der Waals surface area contributed by atoms with Crippen molar-refractivity contribution in [2.75, 3.05) is 26.2 Å². The summed E-state index contributed by atoms with van der Waals surface area (Å²) in [6, 6.07) is 18.4. The third-order valence-corrected chi connectivity index (χ3v) is 4.87. The van der Waals surface area contributed by atoms with Crippen LogP contribution in [-0.2, 0) is 6.54 Å². The summed E-state index contributed by atoms with van der Waals surface area (Å²) in [6.45, 7) is 4.77. The maximum absolute atomic E-state index is 12.5. The third kappa shape index (κ3) is 3.87. The summed E-state index contributed by atoms with van der Waals surface area (Å²) in [6.07, 6.45) is 0. The van der Waals surface area contributed by atoms with Crippen molar-refractivity contribution < 1.29 is 9.69 Å². The maximum Gasteiger partial charge on any atom is 0.254 e. The smallest absolute Gasteiger partial charge is 0.254 e. The van der Waals surface area contributed by atoms with Crippen molar-refractivity contribution in [1.29, 1.82) is 0 Å². The number of hydrogen-bond donors (Lipinski definition) is 1. The van der Waals surface area contributed by atoms with Crippen LogP contribution in [0.15, 0.2) is 54.6 Å². The van der Waals surface area contributed by atoms with Crippen LogP contribution in [0, 0.1) is 3.57 Å². The van der Waals surface area contributed by atoms with Crippen LogP contribution in [0.5, 0.6) is 0 Å². The van der Waals surface area contributed by atoms with Gasteiger partial charge in [-0.05, 0) is 46.9 Å². The number of nitrogens with zero attached hydrogens (tertiary/aromatic N) is 1. The molecule has 22 heavy (non-hydrogen) atoms. The fraction of sp³-hybridized carbons (Fsp3) is 0.278. The summed E-state index contributed by atoms with van der Waals surface area (Å²) in [4.78, 5) is 16.0. The number of carbonyl (C=O) groups excluding carboxylic acids is 1. The molecule has 0 atom stereocenters. The lowest BCUT2D eigenvalue weighted by Gasteiger charge is -2.32. The Kier molecular flexibility index (Phi) is 5.10. The summed E-state index contributed by atoms with van der Waals surface area (Å²) < 4.78 is 1.16. The van der Waals surface area contributed by atoms with E-state index in [0.29, 0.717) is 0 Å². The Balaban J connectivity index is 1.55. The second kappa shape index (κ2) is 7.24. The van der Waals surface area contributed by atoms with E-state index in [1.807, 2.05) is 29.2 Å². The van der Waals surface area contributed by atoms with Gasteiger partial charge in [-0.2, -0.15) is 0 Å². The van der Waals surface area contributed by atoms with Gasteiger partial charge >= 0.3 is 0 Å². The molecule has 1 saturated heterocycles. The number of hydrogen-bond acceptors (Lipinski definition) is 1.